The van der Waals surface area contributed by atoms with Gasteiger partial charge in [0.05, 0.1) is 7.11 Å². The van der Waals surface area contributed by atoms with Crippen molar-refractivity contribution < 1.29 is 14.3 Å². The second kappa shape index (κ2) is 16.8. The molecule has 0 aromatic rings. The van der Waals surface area contributed by atoms with E-state index in [4.69, 9.17) is 11.6 Å². The number of amides is 1. The van der Waals surface area contributed by atoms with Crippen molar-refractivity contribution in [3.63, 3.8) is 0 Å². The lowest BCUT2D eigenvalue weighted by molar-refractivity contribution is -0.137. The molecule has 5 heteroatoms. The quantitative estimate of drug-likeness (QED) is 0.191. The van der Waals surface area contributed by atoms with Crippen molar-refractivity contribution in [1.29, 1.82) is 0 Å². The highest BCUT2D eigenvalue weighted by Crippen LogP contribution is 2.12. The lowest BCUT2D eigenvalue weighted by Gasteiger charge is -2.06. The Kier molecular flexibility index (Phi) is 16.1. The number of carbonyl (C=O) groups is 2. The Bertz CT molecular complexity index is 370. The highest BCUT2D eigenvalue weighted by Gasteiger charge is 2.11. The molecular formula is C19H34ClNO3. The van der Waals surface area contributed by atoms with Gasteiger partial charge in [0.25, 0.3) is 0 Å². The van der Waals surface area contributed by atoms with Gasteiger partial charge in [-0.1, -0.05) is 77.2 Å². The summed E-state index contributed by atoms with van der Waals surface area (Å²) in [5.41, 5.74) is 0.190. The molecule has 1 N–H and O–H groups in total. The van der Waals surface area contributed by atoms with Crippen molar-refractivity contribution in [1.82, 2.24) is 5.32 Å². The maximum atomic E-state index is 11.5. The van der Waals surface area contributed by atoms with Crippen molar-refractivity contribution in [3.8, 4) is 0 Å². The van der Waals surface area contributed by atoms with Crippen LogP contribution in [0.3, 0.4) is 0 Å². The number of rotatable bonds is 15. The molecule has 0 aliphatic carbocycles. The zero-order valence-corrected chi connectivity index (χ0v) is 16.1. The number of nitrogens with one attached hydrogen (secondary N) is 1. The average molecular weight is 360 g/mol. The van der Waals surface area contributed by atoms with Crippen molar-refractivity contribution in [2.24, 2.45) is 0 Å². The van der Waals surface area contributed by atoms with Crippen molar-refractivity contribution in [2.75, 3.05) is 13.0 Å². The summed E-state index contributed by atoms with van der Waals surface area (Å²) in [6.45, 7) is 2.25. The number of unbranched alkanes of at least 4 members (excludes halogenated alkanes) is 11. The third-order valence-electron chi connectivity index (χ3n) is 3.96. The Balaban J connectivity index is 3.69. The van der Waals surface area contributed by atoms with E-state index in [1.54, 1.807) is 6.08 Å². The molecule has 4 nitrogen and oxygen atoms in total. The smallest absolute Gasteiger partial charge is 0.354 e. The van der Waals surface area contributed by atoms with E-state index in [1.165, 1.54) is 64.9 Å². The molecule has 0 aromatic carbocycles. The van der Waals surface area contributed by atoms with Crippen LogP contribution in [0.5, 0.6) is 0 Å². The van der Waals surface area contributed by atoms with Crippen molar-refractivity contribution in [2.45, 2.75) is 84.0 Å². The summed E-state index contributed by atoms with van der Waals surface area (Å²) in [5, 5.41) is 2.47. The van der Waals surface area contributed by atoms with E-state index in [-0.39, 0.29) is 11.6 Å². The number of ether oxygens (including phenoxy) is 1. The lowest BCUT2D eigenvalue weighted by atomic mass is 10.1. The van der Waals surface area contributed by atoms with Gasteiger partial charge in [-0.05, 0) is 12.8 Å². The van der Waals surface area contributed by atoms with E-state index >= 15 is 0 Å². The van der Waals surface area contributed by atoms with Gasteiger partial charge in [-0.2, -0.15) is 0 Å². The fraction of sp³-hybridized carbons (Fsp3) is 0.789. The molecule has 24 heavy (non-hydrogen) atoms. The highest BCUT2D eigenvalue weighted by molar-refractivity contribution is 6.27. The summed E-state index contributed by atoms with van der Waals surface area (Å²) < 4.78 is 4.65. The normalized spacial score (nSPS) is 11.4. The fourth-order valence-corrected chi connectivity index (χ4v) is 2.60. The molecule has 140 valence electrons. The predicted octanol–water partition coefficient (Wildman–Crippen LogP) is 5.10. The van der Waals surface area contributed by atoms with Crippen LogP contribution in [0.15, 0.2) is 11.8 Å². The first-order chi connectivity index (χ1) is 11.7. The zero-order valence-electron chi connectivity index (χ0n) is 15.4. The average Bonchev–Trinajstić information content (AvgIpc) is 2.60. The third-order valence-corrected chi connectivity index (χ3v) is 4.20. The van der Waals surface area contributed by atoms with Crippen molar-refractivity contribution >= 4 is 23.5 Å². The molecule has 0 saturated heterocycles. The van der Waals surface area contributed by atoms with Gasteiger partial charge in [-0.25, -0.2) is 4.79 Å². The molecule has 0 fully saturated rings. The monoisotopic (exact) mass is 359 g/mol. The summed E-state index contributed by atoms with van der Waals surface area (Å²) in [6.07, 6.45) is 16.6. The Hall–Kier alpha value is -1.03. The molecule has 1 amide bonds. The molecule has 0 radical (unpaired) electrons. The number of hydrogen-bond donors (Lipinski definition) is 1. The summed E-state index contributed by atoms with van der Waals surface area (Å²) in [5.74, 6) is -1.10. The molecule has 0 spiro atoms. The topological polar surface area (TPSA) is 55.4 Å². The number of halogens is 1. The number of alkyl halides is 1. The SMILES string of the molecule is CCCCCCCCCCCCCC=C(NC(=O)CCl)C(=O)OC. The van der Waals surface area contributed by atoms with E-state index in [9.17, 15) is 9.59 Å². The lowest BCUT2D eigenvalue weighted by Crippen LogP contribution is -2.28. The Morgan fingerprint density at radius 3 is 1.88 bits per heavy atom. The first kappa shape index (κ1) is 23.0. The van der Waals surface area contributed by atoms with Gasteiger partial charge in [0.15, 0.2) is 0 Å². The number of methoxy groups -OCH3 is 1. The van der Waals surface area contributed by atoms with Crippen LogP contribution in [0.4, 0.5) is 0 Å². The van der Waals surface area contributed by atoms with Crippen LogP contribution in [-0.2, 0) is 14.3 Å². The second-order valence-corrected chi connectivity index (χ2v) is 6.38. The summed E-state index contributed by atoms with van der Waals surface area (Å²) >= 11 is 5.43. The third kappa shape index (κ3) is 13.4. The van der Waals surface area contributed by atoms with Crippen LogP contribution in [0.1, 0.15) is 84.0 Å². The minimum Gasteiger partial charge on any atom is -0.464 e. The van der Waals surface area contributed by atoms with E-state index < -0.39 is 11.9 Å². The Morgan fingerprint density at radius 1 is 0.917 bits per heavy atom. The molecule has 0 unspecified atom stereocenters. The fourth-order valence-electron chi connectivity index (χ4n) is 2.53. The van der Waals surface area contributed by atoms with Crippen LogP contribution in [0, 0.1) is 0 Å². The largest absolute Gasteiger partial charge is 0.464 e. The molecule has 0 bridgehead atoms. The predicted molar refractivity (Wildman–Crippen MR) is 100 cm³/mol. The van der Waals surface area contributed by atoms with Crippen LogP contribution in [0.2, 0.25) is 0 Å². The first-order valence-electron chi connectivity index (χ1n) is 9.30. The molecular weight excluding hydrogens is 326 g/mol. The minimum atomic E-state index is -0.531. The first-order valence-corrected chi connectivity index (χ1v) is 9.83. The van der Waals surface area contributed by atoms with Gasteiger partial charge in [0.1, 0.15) is 11.6 Å². The molecule has 0 aliphatic heterocycles. The number of hydrogen-bond acceptors (Lipinski definition) is 3. The van der Waals surface area contributed by atoms with E-state index in [0.29, 0.717) is 0 Å². The summed E-state index contributed by atoms with van der Waals surface area (Å²) in [4.78, 5) is 22.8. The summed E-state index contributed by atoms with van der Waals surface area (Å²) in [7, 11) is 1.30. The van der Waals surface area contributed by atoms with E-state index in [1.807, 2.05) is 0 Å². The van der Waals surface area contributed by atoms with Gasteiger partial charge < -0.3 is 10.1 Å². The Morgan fingerprint density at radius 2 is 1.42 bits per heavy atom. The molecule has 0 heterocycles. The summed E-state index contributed by atoms with van der Waals surface area (Å²) in [6, 6.07) is 0. The minimum absolute atomic E-state index is 0.174. The van der Waals surface area contributed by atoms with Gasteiger partial charge in [-0.3, -0.25) is 4.79 Å². The van der Waals surface area contributed by atoms with E-state index in [2.05, 4.69) is 17.0 Å². The van der Waals surface area contributed by atoms with Crippen LogP contribution >= 0.6 is 11.6 Å². The van der Waals surface area contributed by atoms with Gasteiger partial charge in [0, 0.05) is 0 Å². The van der Waals surface area contributed by atoms with Crippen LogP contribution in [-0.4, -0.2) is 24.9 Å². The highest BCUT2D eigenvalue weighted by atomic mass is 35.5. The molecule has 0 atom stereocenters. The van der Waals surface area contributed by atoms with Gasteiger partial charge >= 0.3 is 5.97 Å². The molecule has 0 rings (SSSR count). The number of esters is 1. The molecule has 0 aromatic heterocycles. The van der Waals surface area contributed by atoms with Crippen LogP contribution < -0.4 is 5.32 Å². The van der Waals surface area contributed by atoms with Crippen LogP contribution in [0.25, 0.3) is 0 Å². The number of allylic oxidation sites excluding steroid dienone is 1. The molecule has 0 saturated carbocycles. The van der Waals surface area contributed by atoms with Crippen molar-refractivity contribution in [3.05, 3.63) is 11.8 Å². The van der Waals surface area contributed by atoms with E-state index in [0.717, 1.165) is 19.3 Å². The van der Waals surface area contributed by atoms with Gasteiger partial charge in [0.2, 0.25) is 5.91 Å². The second-order valence-electron chi connectivity index (χ2n) is 6.12. The standard InChI is InChI=1S/C19H34ClNO3/c1-3-4-5-6-7-8-9-10-11-12-13-14-15-17(19(23)24-2)21-18(22)16-20/h15H,3-14,16H2,1-2H3,(H,21,22). The maximum Gasteiger partial charge on any atom is 0.354 e. The Labute approximate surface area is 152 Å². The molecule has 0 aliphatic rings. The zero-order chi connectivity index (χ0) is 18.0. The number of carbonyl (C=O) groups excluding carboxylic acids is 2. The van der Waals surface area contributed by atoms with Gasteiger partial charge in [-0.15, -0.1) is 11.6 Å². The maximum absolute atomic E-state index is 11.5.